The molecule has 0 aliphatic carbocycles. The van der Waals surface area contributed by atoms with Crippen LogP contribution in [0.2, 0.25) is 0 Å². The fourth-order valence-corrected chi connectivity index (χ4v) is 2.38. The zero-order valence-electron chi connectivity index (χ0n) is 11.1. The number of ether oxygens (including phenoxy) is 1. The van der Waals surface area contributed by atoms with E-state index in [1.807, 2.05) is 0 Å². The van der Waals surface area contributed by atoms with Crippen molar-refractivity contribution in [3.8, 4) is 5.75 Å². The molecule has 1 N–H and O–H groups in total. The third-order valence-electron chi connectivity index (χ3n) is 3.55. The van der Waals surface area contributed by atoms with E-state index in [4.69, 9.17) is 4.74 Å². The number of anilines is 1. The fourth-order valence-electron chi connectivity index (χ4n) is 2.38. The molecule has 1 atom stereocenters. The molecule has 4 heteroatoms. The molecule has 0 amide bonds. The maximum absolute atomic E-state index is 13.9. The van der Waals surface area contributed by atoms with Gasteiger partial charge in [-0.3, -0.25) is 0 Å². The molecule has 18 heavy (non-hydrogen) atoms. The van der Waals surface area contributed by atoms with Gasteiger partial charge >= 0.3 is 0 Å². The predicted molar refractivity (Wildman–Crippen MR) is 71.9 cm³/mol. The first-order valence-electron chi connectivity index (χ1n) is 6.56. The van der Waals surface area contributed by atoms with E-state index in [2.05, 4.69) is 17.1 Å². The zero-order valence-corrected chi connectivity index (χ0v) is 11.1. The van der Waals surface area contributed by atoms with Crippen molar-refractivity contribution in [3.63, 3.8) is 0 Å². The average Bonchev–Trinajstić information content (AvgIpc) is 2.64. The normalized spacial score (nSPS) is 20.6. The minimum absolute atomic E-state index is 0.175. The molecule has 100 valence electrons. The highest BCUT2D eigenvalue weighted by Crippen LogP contribution is 2.25. The first-order chi connectivity index (χ1) is 8.74. The standard InChI is InChI=1S/C14H21FN2O/c1-3-11-6-8-17(9-7-16-11)14-10-12(18-2)4-5-13(14)15/h4-5,10-11,16H,3,6-9H2,1-2H3. The lowest BCUT2D eigenvalue weighted by Gasteiger charge is -2.23. The molecule has 1 fully saturated rings. The van der Waals surface area contributed by atoms with Crippen molar-refractivity contribution in [2.24, 2.45) is 0 Å². The van der Waals surface area contributed by atoms with Crippen LogP contribution in [0.3, 0.4) is 0 Å². The monoisotopic (exact) mass is 252 g/mol. The molecule has 1 saturated heterocycles. The average molecular weight is 252 g/mol. The van der Waals surface area contributed by atoms with Crippen LogP contribution in [0.1, 0.15) is 19.8 Å². The Labute approximate surface area is 108 Å². The Balaban J connectivity index is 2.15. The lowest BCUT2D eigenvalue weighted by Crippen LogP contribution is -2.30. The second-order valence-electron chi connectivity index (χ2n) is 4.65. The van der Waals surface area contributed by atoms with Crippen LogP contribution in [0.15, 0.2) is 18.2 Å². The summed E-state index contributed by atoms with van der Waals surface area (Å²) in [6.07, 6.45) is 2.17. The Morgan fingerprint density at radius 3 is 3.00 bits per heavy atom. The van der Waals surface area contributed by atoms with Crippen molar-refractivity contribution in [1.82, 2.24) is 5.32 Å². The highest BCUT2D eigenvalue weighted by atomic mass is 19.1. The van der Waals surface area contributed by atoms with Crippen LogP contribution < -0.4 is 15.0 Å². The molecule has 0 aromatic heterocycles. The number of benzene rings is 1. The van der Waals surface area contributed by atoms with E-state index in [0.29, 0.717) is 17.5 Å². The SMILES string of the molecule is CCC1CCN(c2cc(OC)ccc2F)CCN1. The van der Waals surface area contributed by atoms with Gasteiger partial charge in [0, 0.05) is 31.7 Å². The van der Waals surface area contributed by atoms with E-state index >= 15 is 0 Å². The van der Waals surface area contributed by atoms with Gasteiger partial charge in [-0.05, 0) is 25.0 Å². The molecule has 3 nitrogen and oxygen atoms in total. The van der Waals surface area contributed by atoms with Crippen LogP contribution in [-0.2, 0) is 0 Å². The molecule has 1 aliphatic rings. The lowest BCUT2D eigenvalue weighted by atomic mass is 10.1. The third kappa shape index (κ3) is 2.93. The van der Waals surface area contributed by atoms with E-state index in [9.17, 15) is 4.39 Å². The third-order valence-corrected chi connectivity index (χ3v) is 3.55. The number of hydrogen-bond acceptors (Lipinski definition) is 3. The number of methoxy groups -OCH3 is 1. The summed E-state index contributed by atoms with van der Waals surface area (Å²) in [5.41, 5.74) is 0.646. The van der Waals surface area contributed by atoms with Crippen LogP contribution in [0.25, 0.3) is 0 Å². The molecular weight excluding hydrogens is 231 g/mol. The fraction of sp³-hybridized carbons (Fsp3) is 0.571. The van der Waals surface area contributed by atoms with Gasteiger partial charge in [0.2, 0.25) is 0 Å². The number of nitrogens with one attached hydrogen (secondary N) is 1. The van der Waals surface area contributed by atoms with Crippen molar-refractivity contribution in [3.05, 3.63) is 24.0 Å². The summed E-state index contributed by atoms with van der Waals surface area (Å²) in [7, 11) is 1.61. The molecular formula is C14H21FN2O. The molecule has 0 saturated carbocycles. The Bertz CT molecular complexity index is 397. The van der Waals surface area contributed by atoms with Crippen molar-refractivity contribution >= 4 is 5.69 Å². The maximum atomic E-state index is 13.9. The molecule has 0 radical (unpaired) electrons. The highest BCUT2D eigenvalue weighted by Gasteiger charge is 2.18. The van der Waals surface area contributed by atoms with Gasteiger partial charge in [0.05, 0.1) is 12.8 Å². The summed E-state index contributed by atoms with van der Waals surface area (Å²) in [6.45, 7) is 4.80. The summed E-state index contributed by atoms with van der Waals surface area (Å²) in [5, 5.41) is 3.48. The summed E-state index contributed by atoms with van der Waals surface area (Å²) >= 11 is 0. The van der Waals surface area contributed by atoms with Crippen molar-refractivity contribution in [2.75, 3.05) is 31.6 Å². The van der Waals surface area contributed by atoms with Gasteiger partial charge < -0.3 is 15.0 Å². The topological polar surface area (TPSA) is 24.5 Å². The second kappa shape index (κ2) is 6.05. The number of rotatable bonds is 3. The smallest absolute Gasteiger partial charge is 0.146 e. The molecule has 1 unspecified atom stereocenters. The van der Waals surface area contributed by atoms with Crippen LogP contribution in [0, 0.1) is 5.82 Å². The summed E-state index contributed by atoms with van der Waals surface area (Å²) < 4.78 is 19.0. The molecule has 0 bridgehead atoms. The predicted octanol–water partition coefficient (Wildman–Crippen LogP) is 2.41. The number of halogens is 1. The van der Waals surface area contributed by atoms with E-state index in [0.717, 1.165) is 32.5 Å². The van der Waals surface area contributed by atoms with Gasteiger partial charge in [0.1, 0.15) is 11.6 Å². The summed E-state index contributed by atoms with van der Waals surface area (Å²) in [6, 6.07) is 5.46. The van der Waals surface area contributed by atoms with Crippen molar-refractivity contribution in [2.45, 2.75) is 25.8 Å². The van der Waals surface area contributed by atoms with Gasteiger partial charge in [-0.1, -0.05) is 6.92 Å². The van der Waals surface area contributed by atoms with Gasteiger partial charge in [-0.15, -0.1) is 0 Å². The van der Waals surface area contributed by atoms with Gasteiger partial charge in [-0.25, -0.2) is 4.39 Å². The quantitative estimate of drug-likeness (QED) is 0.894. The minimum Gasteiger partial charge on any atom is -0.497 e. The van der Waals surface area contributed by atoms with Gasteiger partial charge in [0.15, 0.2) is 0 Å². The minimum atomic E-state index is -0.175. The zero-order chi connectivity index (χ0) is 13.0. The van der Waals surface area contributed by atoms with Gasteiger partial charge in [0.25, 0.3) is 0 Å². The molecule has 1 aromatic rings. The Morgan fingerprint density at radius 2 is 2.28 bits per heavy atom. The first-order valence-corrected chi connectivity index (χ1v) is 6.56. The maximum Gasteiger partial charge on any atom is 0.146 e. The lowest BCUT2D eigenvalue weighted by molar-refractivity contribution is 0.413. The number of nitrogens with zero attached hydrogens (tertiary/aromatic N) is 1. The van der Waals surface area contributed by atoms with Gasteiger partial charge in [-0.2, -0.15) is 0 Å². The molecule has 2 rings (SSSR count). The molecule has 1 heterocycles. The van der Waals surface area contributed by atoms with E-state index in [-0.39, 0.29) is 5.82 Å². The highest BCUT2D eigenvalue weighted by molar-refractivity contribution is 5.52. The summed E-state index contributed by atoms with van der Waals surface area (Å²) in [4.78, 5) is 2.10. The largest absolute Gasteiger partial charge is 0.497 e. The van der Waals surface area contributed by atoms with E-state index in [1.54, 1.807) is 19.2 Å². The Morgan fingerprint density at radius 1 is 1.44 bits per heavy atom. The number of hydrogen-bond donors (Lipinski definition) is 1. The Kier molecular flexibility index (Phi) is 4.42. The van der Waals surface area contributed by atoms with E-state index < -0.39 is 0 Å². The molecule has 1 aromatic carbocycles. The summed E-state index contributed by atoms with van der Waals surface area (Å²) in [5.74, 6) is 0.529. The van der Waals surface area contributed by atoms with Crippen LogP contribution in [0.5, 0.6) is 5.75 Å². The van der Waals surface area contributed by atoms with Crippen LogP contribution in [-0.4, -0.2) is 32.8 Å². The second-order valence-corrected chi connectivity index (χ2v) is 4.65. The van der Waals surface area contributed by atoms with Crippen LogP contribution in [0.4, 0.5) is 10.1 Å². The van der Waals surface area contributed by atoms with E-state index in [1.165, 1.54) is 6.07 Å². The molecule has 0 spiro atoms. The van der Waals surface area contributed by atoms with Crippen molar-refractivity contribution in [1.29, 1.82) is 0 Å². The van der Waals surface area contributed by atoms with Crippen molar-refractivity contribution < 1.29 is 9.13 Å². The Hall–Kier alpha value is -1.29. The van der Waals surface area contributed by atoms with Crippen LogP contribution >= 0.6 is 0 Å². The first kappa shape index (κ1) is 13.1. The molecule has 1 aliphatic heterocycles.